The highest BCUT2D eigenvalue weighted by Crippen LogP contribution is 2.35. The first-order valence-electron chi connectivity index (χ1n) is 10.7. The summed E-state index contributed by atoms with van der Waals surface area (Å²) < 4.78 is 20.0. The second-order valence-electron chi connectivity index (χ2n) is 7.77. The Morgan fingerprint density at radius 2 is 1.92 bits per heavy atom. The van der Waals surface area contributed by atoms with Gasteiger partial charge in [0.1, 0.15) is 11.5 Å². The minimum atomic E-state index is -0.570. The normalized spacial score (nSPS) is 13.9. The number of phenolic OH excluding ortho intramolecular Hbond substituents is 2. The number of benzene rings is 2. The molecule has 0 aliphatic carbocycles. The van der Waals surface area contributed by atoms with Crippen molar-refractivity contribution in [3.63, 3.8) is 0 Å². The molecule has 188 valence electrons. The van der Waals surface area contributed by atoms with Crippen molar-refractivity contribution in [1.82, 2.24) is 9.97 Å². The smallest absolute Gasteiger partial charge is 0.270 e. The Bertz CT molecular complexity index is 1340. The van der Waals surface area contributed by atoms with Crippen molar-refractivity contribution in [3.8, 4) is 11.5 Å². The van der Waals surface area contributed by atoms with Crippen LogP contribution in [-0.2, 0) is 17.7 Å². The van der Waals surface area contributed by atoms with Gasteiger partial charge in [0.05, 0.1) is 36.0 Å². The molecule has 2 heterocycles. The van der Waals surface area contributed by atoms with Crippen LogP contribution in [0.1, 0.15) is 21.5 Å². The quantitative estimate of drug-likeness (QED) is 0.266. The van der Waals surface area contributed by atoms with Crippen LogP contribution >= 0.6 is 39.1 Å². The van der Waals surface area contributed by atoms with Crippen LogP contribution in [0.2, 0.25) is 10.0 Å². The minimum absolute atomic E-state index is 0.0391. The number of azo groups is 1. The number of ether oxygens (including phenoxy) is 1. The van der Waals surface area contributed by atoms with Crippen molar-refractivity contribution in [3.05, 3.63) is 67.5 Å². The van der Waals surface area contributed by atoms with E-state index in [2.05, 4.69) is 36.1 Å². The van der Waals surface area contributed by atoms with E-state index in [1.807, 2.05) is 0 Å². The third kappa shape index (κ3) is 5.92. The monoisotopic (exact) mass is 597 g/mol. The van der Waals surface area contributed by atoms with Crippen molar-refractivity contribution < 1.29 is 24.1 Å². The fourth-order valence-electron chi connectivity index (χ4n) is 3.54. The molecule has 1 aromatic heterocycles. The second-order valence-corrected chi connectivity index (χ2v) is 9.47. The molecule has 36 heavy (non-hydrogen) atoms. The van der Waals surface area contributed by atoms with Gasteiger partial charge in [-0.05, 0) is 18.2 Å². The highest BCUT2D eigenvalue weighted by atomic mass is 79.9. The molecule has 2 aromatic carbocycles. The summed E-state index contributed by atoms with van der Waals surface area (Å²) in [6, 6.07) is 6.03. The van der Waals surface area contributed by atoms with E-state index in [1.165, 1.54) is 18.2 Å². The minimum Gasteiger partial charge on any atom is -0.506 e. The van der Waals surface area contributed by atoms with E-state index < -0.39 is 11.6 Å². The number of nitrogens with zero attached hydrogens (tertiary/aromatic N) is 5. The van der Waals surface area contributed by atoms with Crippen LogP contribution in [0, 0.1) is 5.82 Å². The molecule has 13 heteroatoms. The number of anilines is 1. The summed E-state index contributed by atoms with van der Waals surface area (Å²) in [6.07, 6.45) is 0.841. The van der Waals surface area contributed by atoms with Crippen LogP contribution in [0.4, 0.5) is 16.2 Å². The van der Waals surface area contributed by atoms with Gasteiger partial charge in [0.2, 0.25) is 0 Å². The molecule has 0 amide bonds. The molecule has 0 saturated carbocycles. The maximum atomic E-state index is 14.2. The van der Waals surface area contributed by atoms with Crippen LogP contribution < -0.4 is 4.90 Å². The van der Waals surface area contributed by atoms with Crippen molar-refractivity contribution >= 4 is 56.7 Å². The van der Waals surface area contributed by atoms with Crippen LogP contribution in [0.5, 0.6) is 11.5 Å². The first kappa shape index (κ1) is 26.2. The molecular weight excluding hydrogens is 580 g/mol. The highest BCUT2D eigenvalue weighted by molar-refractivity contribution is 9.10. The van der Waals surface area contributed by atoms with Crippen molar-refractivity contribution in [2.24, 2.45) is 10.2 Å². The molecule has 9 nitrogen and oxygen atoms in total. The highest BCUT2D eigenvalue weighted by Gasteiger charge is 2.20. The molecule has 2 N–H and O–H groups in total. The Hall–Kier alpha value is -2.86. The largest absolute Gasteiger partial charge is 0.506 e. The molecule has 0 bridgehead atoms. The van der Waals surface area contributed by atoms with Crippen molar-refractivity contribution in [2.75, 3.05) is 31.2 Å². The van der Waals surface area contributed by atoms with E-state index in [9.17, 15) is 19.4 Å². The number of phenols is 2. The summed E-state index contributed by atoms with van der Waals surface area (Å²) in [5.74, 6) is -1.45. The lowest BCUT2D eigenvalue weighted by Crippen LogP contribution is -2.37. The number of halogens is 4. The van der Waals surface area contributed by atoms with Gasteiger partial charge in [-0.2, -0.15) is 10.1 Å². The number of carbonyl (C=O) groups excluding carboxylic acids is 1. The number of Topliss-reactive ketones (excluding diaryl/α,β-unsaturated/α-hetero) is 1. The van der Waals surface area contributed by atoms with Gasteiger partial charge in [-0.25, -0.2) is 9.37 Å². The Kier molecular flexibility index (Phi) is 8.35. The summed E-state index contributed by atoms with van der Waals surface area (Å²) in [7, 11) is 0. The maximum absolute atomic E-state index is 14.2. The van der Waals surface area contributed by atoms with Crippen molar-refractivity contribution in [2.45, 2.75) is 13.0 Å². The third-order valence-corrected chi connectivity index (χ3v) is 6.51. The predicted octanol–water partition coefficient (Wildman–Crippen LogP) is 5.64. The number of hydrogen-bond donors (Lipinski definition) is 2. The van der Waals surface area contributed by atoms with Crippen LogP contribution in [0.25, 0.3) is 0 Å². The molecule has 0 spiro atoms. The maximum Gasteiger partial charge on any atom is 0.270 e. The average Bonchev–Trinajstić information content (AvgIpc) is 2.86. The number of morpholine rings is 1. The summed E-state index contributed by atoms with van der Waals surface area (Å²) in [5.41, 5.74) is 0.690. The average molecular weight is 599 g/mol. The lowest BCUT2D eigenvalue weighted by molar-refractivity contribution is 0.0991. The summed E-state index contributed by atoms with van der Waals surface area (Å²) >= 11 is 15.5. The van der Waals surface area contributed by atoms with Gasteiger partial charge in [0.15, 0.2) is 17.4 Å². The lowest BCUT2D eigenvalue weighted by Gasteiger charge is -2.27. The second kappa shape index (κ2) is 11.5. The Morgan fingerprint density at radius 3 is 2.67 bits per heavy atom. The van der Waals surface area contributed by atoms with Crippen LogP contribution in [-0.4, -0.2) is 52.3 Å². The van der Waals surface area contributed by atoms with Gasteiger partial charge < -0.3 is 19.8 Å². The van der Waals surface area contributed by atoms with Crippen LogP contribution in [0.3, 0.4) is 0 Å². The van der Waals surface area contributed by atoms with E-state index in [0.717, 1.165) is 6.20 Å². The fourth-order valence-corrected chi connectivity index (χ4v) is 4.70. The molecule has 1 aliphatic heterocycles. The number of hydrogen-bond acceptors (Lipinski definition) is 9. The van der Waals surface area contributed by atoms with Gasteiger partial charge in [0, 0.05) is 40.7 Å². The molecule has 0 radical (unpaired) electrons. The molecular formula is C23H19BrCl2FN5O4. The van der Waals surface area contributed by atoms with E-state index in [4.69, 9.17) is 27.9 Å². The first-order chi connectivity index (χ1) is 17.2. The van der Waals surface area contributed by atoms with E-state index in [0.29, 0.717) is 41.9 Å². The summed E-state index contributed by atoms with van der Waals surface area (Å²) in [6.45, 7) is 1.84. The van der Waals surface area contributed by atoms with E-state index in [1.54, 1.807) is 11.0 Å². The Balaban J connectivity index is 1.47. The number of aromatic nitrogens is 2. The fraction of sp³-hybridized carbons (Fsp3) is 0.261. The zero-order chi connectivity index (χ0) is 25.8. The van der Waals surface area contributed by atoms with E-state index >= 15 is 0 Å². The van der Waals surface area contributed by atoms with Crippen molar-refractivity contribution in [1.29, 1.82) is 0 Å². The topological polar surface area (TPSA) is 120 Å². The van der Waals surface area contributed by atoms with E-state index in [-0.39, 0.29) is 51.8 Å². The Labute approximate surface area is 223 Å². The van der Waals surface area contributed by atoms with Gasteiger partial charge in [0.25, 0.3) is 5.95 Å². The summed E-state index contributed by atoms with van der Waals surface area (Å²) in [4.78, 5) is 22.5. The lowest BCUT2D eigenvalue weighted by atomic mass is 10.0. The molecule has 4 rings (SSSR count). The van der Waals surface area contributed by atoms with Gasteiger partial charge in [-0.15, -0.1) is 5.11 Å². The number of rotatable bonds is 7. The van der Waals surface area contributed by atoms with Crippen LogP contribution in [0.15, 0.2) is 45.2 Å². The SMILES string of the molecule is O=C(Cc1cc(Br)cc(Cl)c1O)c1ccc(CN=Nc2ncc(F)c(N3CCOCC3)n2)c(O)c1Cl. The first-order valence-corrected chi connectivity index (χ1v) is 12.2. The molecule has 3 aromatic rings. The summed E-state index contributed by atoms with van der Waals surface area (Å²) in [5, 5.41) is 28.5. The third-order valence-electron chi connectivity index (χ3n) is 5.38. The number of ketones is 1. The Morgan fingerprint density at radius 1 is 1.17 bits per heavy atom. The molecule has 1 saturated heterocycles. The number of aromatic hydroxyl groups is 2. The zero-order valence-electron chi connectivity index (χ0n) is 18.6. The predicted molar refractivity (Wildman–Crippen MR) is 135 cm³/mol. The molecule has 0 unspecified atom stereocenters. The van der Waals surface area contributed by atoms with Gasteiger partial charge >= 0.3 is 0 Å². The zero-order valence-corrected chi connectivity index (χ0v) is 21.7. The number of carbonyl (C=O) groups is 1. The molecule has 1 aliphatic rings. The molecule has 0 atom stereocenters. The molecule has 1 fully saturated rings. The standard InChI is InChI=1S/C23H19BrCl2FN5O4/c24-14-7-13(20(34)16(25)9-14)8-18(33)15-2-1-12(21(35)19(15)26)10-29-31-23-28-11-17(27)22(30-23)32-3-5-36-6-4-32/h1-2,7,9,11,34-35H,3-6,8,10H2. The van der Waals surface area contributed by atoms with Gasteiger partial charge in [-0.3, -0.25) is 4.79 Å². The van der Waals surface area contributed by atoms with Gasteiger partial charge in [-0.1, -0.05) is 45.2 Å².